The maximum absolute atomic E-state index is 14.1. The molecule has 6 heteroatoms. The second-order valence-electron chi connectivity index (χ2n) is 5.33. The first-order valence-electron chi connectivity index (χ1n) is 7.50. The Morgan fingerprint density at radius 2 is 1.88 bits per heavy atom. The standard InChI is InChI=1S/C18H14FN5/c1-20-14-7-8-16(19)15(9-14)17-22-18-21-10-13(11-24(18)23-17)12-5-3-2-4-6-12/h2-11,20H,1H3. The van der Waals surface area contributed by atoms with Gasteiger partial charge in [0.05, 0.1) is 5.56 Å². The molecule has 0 fully saturated rings. The van der Waals surface area contributed by atoms with E-state index in [9.17, 15) is 4.39 Å². The maximum atomic E-state index is 14.1. The molecule has 2 heterocycles. The number of hydrogen-bond donors (Lipinski definition) is 1. The molecule has 0 bridgehead atoms. The molecule has 0 saturated heterocycles. The average Bonchev–Trinajstić information content (AvgIpc) is 3.06. The van der Waals surface area contributed by atoms with Crippen molar-refractivity contribution in [2.75, 3.05) is 12.4 Å². The largest absolute Gasteiger partial charge is 0.388 e. The third kappa shape index (κ3) is 2.48. The van der Waals surface area contributed by atoms with Gasteiger partial charge in [0.15, 0.2) is 5.82 Å². The molecule has 0 aliphatic heterocycles. The number of rotatable bonds is 3. The van der Waals surface area contributed by atoms with Crippen LogP contribution in [0.25, 0.3) is 28.3 Å². The Bertz CT molecular complexity index is 1010. The molecular formula is C18H14FN5. The van der Waals surface area contributed by atoms with E-state index in [1.807, 2.05) is 36.5 Å². The molecule has 118 valence electrons. The third-order valence-electron chi connectivity index (χ3n) is 3.80. The zero-order valence-corrected chi connectivity index (χ0v) is 12.9. The van der Waals surface area contributed by atoms with Gasteiger partial charge >= 0.3 is 0 Å². The van der Waals surface area contributed by atoms with Crippen molar-refractivity contribution in [3.05, 3.63) is 66.7 Å². The van der Waals surface area contributed by atoms with Gasteiger partial charge in [0.1, 0.15) is 5.82 Å². The molecule has 0 amide bonds. The number of fused-ring (bicyclic) bond motifs is 1. The highest BCUT2D eigenvalue weighted by molar-refractivity contribution is 5.65. The highest BCUT2D eigenvalue weighted by Gasteiger charge is 2.13. The Balaban J connectivity index is 1.82. The SMILES string of the molecule is CNc1ccc(F)c(-c2nc3ncc(-c4ccccc4)cn3n2)c1. The minimum atomic E-state index is -0.367. The van der Waals surface area contributed by atoms with E-state index in [1.165, 1.54) is 6.07 Å². The van der Waals surface area contributed by atoms with Crippen molar-refractivity contribution in [1.82, 2.24) is 19.6 Å². The van der Waals surface area contributed by atoms with Crippen LogP contribution in [0.5, 0.6) is 0 Å². The minimum Gasteiger partial charge on any atom is -0.388 e. The van der Waals surface area contributed by atoms with Gasteiger partial charge in [0.25, 0.3) is 5.78 Å². The summed E-state index contributed by atoms with van der Waals surface area (Å²) in [5.74, 6) is 0.370. The summed E-state index contributed by atoms with van der Waals surface area (Å²) in [5.41, 5.74) is 3.09. The Morgan fingerprint density at radius 3 is 2.67 bits per heavy atom. The van der Waals surface area contributed by atoms with Crippen LogP contribution in [0.1, 0.15) is 0 Å². The van der Waals surface area contributed by atoms with Gasteiger partial charge in [-0.3, -0.25) is 0 Å². The summed E-state index contributed by atoms with van der Waals surface area (Å²) < 4.78 is 15.7. The number of hydrogen-bond acceptors (Lipinski definition) is 4. The third-order valence-corrected chi connectivity index (χ3v) is 3.80. The lowest BCUT2D eigenvalue weighted by Crippen LogP contribution is -1.93. The number of nitrogens with zero attached hydrogens (tertiary/aromatic N) is 4. The molecule has 0 aliphatic rings. The summed E-state index contributed by atoms with van der Waals surface area (Å²) in [7, 11) is 1.78. The molecule has 2 aromatic heterocycles. The normalized spacial score (nSPS) is 10.9. The van der Waals surface area contributed by atoms with E-state index in [4.69, 9.17) is 0 Å². The topological polar surface area (TPSA) is 55.1 Å². The summed E-state index contributed by atoms with van der Waals surface area (Å²) in [6.45, 7) is 0. The predicted molar refractivity (Wildman–Crippen MR) is 91.2 cm³/mol. The van der Waals surface area contributed by atoms with E-state index in [2.05, 4.69) is 20.4 Å². The van der Waals surface area contributed by atoms with Crippen LogP contribution in [0.4, 0.5) is 10.1 Å². The van der Waals surface area contributed by atoms with Crippen LogP contribution in [-0.2, 0) is 0 Å². The van der Waals surface area contributed by atoms with Crippen molar-refractivity contribution in [3.63, 3.8) is 0 Å². The van der Waals surface area contributed by atoms with Crippen LogP contribution in [0.15, 0.2) is 60.9 Å². The lowest BCUT2D eigenvalue weighted by molar-refractivity contribution is 0.630. The van der Waals surface area contributed by atoms with E-state index >= 15 is 0 Å². The van der Waals surface area contributed by atoms with Crippen molar-refractivity contribution in [3.8, 4) is 22.5 Å². The first-order valence-corrected chi connectivity index (χ1v) is 7.50. The molecule has 0 saturated carbocycles. The Morgan fingerprint density at radius 1 is 1.04 bits per heavy atom. The van der Waals surface area contributed by atoms with Gasteiger partial charge in [-0.1, -0.05) is 30.3 Å². The summed E-state index contributed by atoms with van der Waals surface area (Å²) >= 11 is 0. The number of aromatic nitrogens is 4. The fraction of sp³-hybridized carbons (Fsp3) is 0.0556. The summed E-state index contributed by atoms with van der Waals surface area (Å²) in [5, 5.41) is 7.36. The number of anilines is 1. The fourth-order valence-corrected chi connectivity index (χ4v) is 2.53. The van der Waals surface area contributed by atoms with Gasteiger partial charge in [-0.15, -0.1) is 5.10 Å². The summed E-state index contributed by atoms with van der Waals surface area (Å²) in [4.78, 5) is 8.65. The zero-order valence-electron chi connectivity index (χ0n) is 12.9. The molecule has 0 radical (unpaired) electrons. The number of benzene rings is 2. The van der Waals surface area contributed by atoms with Crippen LogP contribution in [0, 0.1) is 5.82 Å². The van der Waals surface area contributed by atoms with Crippen molar-refractivity contribution in [2.45, 2.75) is 0 Å². The zero-order chi connectivity index (χ0) is 16.5. The molecule has 4 aromatic rings. The smallest absolute Gasteiger partial charge is 0.252 e. The van der Waals surface area contributed by atoms with Crippen molar-refractivity contribution < 1.29 is 4.39 Å². The van der Waals surface area contributed by atoms with E-state index < -0.39 is 0 Å². The summed E-state index contributed by atoms with van der Waals surface area (Å²) in [6.07, 6.45) is 3.58. The monoisotopic (exact) mass is 319 g/mol. The Hall–Kier alpha value is -3.28. The number of nitrogens with one attached hydrogen (secondary N) is 1. The van der Waals surface area contributed by atoms with Gasteiger partial charge in [-0.25, -0.2) is 13.9 Å². The molecule has 4 rings (SSSR count). The maximum Gasteiger partial charge on any atom is 0.252 e. The van der Waals surface area contributed by atoms with Crippen LogP contribution < -0.4 is 5.32 Å². The second-order valence-corrected chi connectivity index (χ2v) is 5.33. The highest BCUT2D eigenvalue weighted by atomic mass is 19.1. The van der Waals surface area contributed by atoms with Gasteiger partial charge in [0, 0.05) is 30.7 Å². The van der Waals surface area contributed by atoms with Gasteiger partial charge < -0.3 is 5.32 Å². The second kappa shape index (κ2) is 5.73. The van der Waals surface area contributed by atoms with Gasteiger partial charge in [-0.05, 0) is 23.8 Å². The minimum absolute atomic E-state index is 0.308. The summed E-state index contributed by atoms with van der Waals surface area (Å²) in [6, 6.07) is 14.6. The number of halogens is 1. The molecule has 2 aromatic carbocycles. The molecule has 0 unspecified atom stereocenters. The Kier molecular flexibility index (Phi) is 3.42. The van der Waals surface area contributed by atoms with E-state index in [0.29, 0.717) is 17.2 Å². The molecule has 0 atom stereocenters. The van der Waals surface area contributed by atoms with Gasteiger partial charge in [-0.2, -0.15) is 4.98 Å². The molecule has 5 nitrogen and oxygen atoms in total. The Labute approximate surface area is 137 Å². The van der Waals surface area contributed by atoms with E-state index in [0.717, 1.165) is 16.8 Å². The lowest BCUT2D eigenvalue weighted by Gasteiger charge is -2.02. The van der Waals surface area contributed by atoms with E-state index in [-0.39, 0.29) is 5.82 Å². The lowest BCUT2D eigenvalue weighted by atomic mass is 10.1. The predicted octanol–water partition coefficient (Wildman–Crippen LogP) is 3.64. The first-order chi connectivity index (χ1) is 11.7. The van der Waals surface area contributed by atoms with E-state index in [1.54, 1.807) is 29.9 Å². The van der Waals surface area contributed by atoms with Crippen molar-refractivity contribution in [1.29, 1.82) is 0 Å². The highest BCUT2D eigenvalue weighted by Crippen LogP contribution is 2.24. The van der Waals surface area contributed by atoms with Crippen molar-refractivity contribution >= 4 is 11.5 Å². The van der Waals surface area contributed by atoms with Crippen LogP contribution in [0.2, 0.25) is 0 Å². The quantitative estimate of drug-likeness (QED) is 0.626. The molecule has 24 heavy (non-hydrogen) atoms. The molecule has 0 spiro atoms. The van der Waals surface area contributed by atoms with Crippen LogP contribution in [0.3, 0.4) is 0 Å². The molecule has 0 aliphatic carbocycles. The molecule has 1 N–H and O–H groups in total. The van der Waals surface area contributed by atoms with Crippen LogP contribution in [-0.4, -0.2) is 26.6 Å². The molecular weight excluding hydrogens is 305 g/mol. The van der Waals surface area contributed by atoms with Crippen molar-refractivity contribution in [2.24, 2.45) is 0 Å². The van der Waals surface area contributed by atoms with Crippen LogP contribution >= 0.6 is 0 Å². The average molecular weight is 319 g/mol. The fourth-order valence-electron chi connectivity index (χ4n) is 2.53. The first kappa shape index (κ1) is 14.3. The van der Waals surface area contributed by atoms with Gasteiger partial charge in [0.2, 0.25) is 0 Å².